The second-order valence-corrected chi connectivity index (χ2v) is 14.2. The maximum absolute atomic E-state index is 4.02. The van der Waals surface area contributed by atoms with Crippen LogP contribution in [0.1, 0.15) is 90.9 Å². The zero-order valence-corrected chi connectivity index (χ0v) is 16.4. The van der Waals surface area contributed by atoms with Gasteiger partial charge in [0.2, 0.25) is 0 Å². The molecule has 0 aromatic heterocycles. The first-order valence-electron chi connectivity index (χ1n) is 8.62. The largest absolute Gasteiger partial charge is 0.0654 e. The summed E-state index contributed by atoms with van der Waals surface area (Å²) in [4.78, 5) is 0. The molecule has 3 heteroatoms. The summed E-state index contributed by atoms with van der Waals surface area (Å²) in [6.45, 7) is 4.59. The minimum absolute atomic E-state index is 0.146. The molecule has 0 heterocycles. The molecule has 0 aliphatic carbocycles. The third-order valence-electron chi connectivity index (χ3n) is 3.65. The topological polar surface area (TPSA) is 0 Å². The molecule has 0 fully saturated rings. The summed E-state index contributed by atoms with van der Waals surface area (Å²) in [5, 5.41) is 0. The molecule has 0 N–H and O–H groups in total. The highest BCUT2D eigenvalue weighted by atomic mass is 29.5. The van der Waals surface area contributed by atoms with Crippen molar-refractivity contribution >= 4 is 26.6 Å². The van der Waals surface area contributed by atoms with Crippen LogP contribution in [0.25, 0.3) is 0 Å². The molecule has 0 aromatic rings. The van der Waals surface area contributed by atoms with E-state index in [2.05, 4.69) is 23.6 Å². The quantitative estimate of drug-likeness (QED) is 0.277. The smallest absolute Gasteiger partial charge is 0.0218 e. The minimum atomic E-state index is -0.146. The molecule has 0 bridgehead atoms. The summed E-state index contributed by atoms with van der Waals surface area (Å²) in [6, 6.07) is 3.00. The maximum Gasteiger partial charge on any atom is 0.0218 e. The summed E-state index contributed by atoms with van der Waals surface area (Å²) in [6.07, 6.45) is 17.4. The zero-order chi connectivity index (χ0) is 14.2. The molecule has 19 heavy (non-hydrogen) atoms. The van der Waals surface area contributed by atoms with Crippen LogP contribution in [-0.2, 0) is 0 Å². The summed E-state index contributed by atoms with van der Waals surface area (Å²) in [5.74, 6) is 0. The first-order valence-corrected chi connectivity index (χ1v) is 14.0. The van der Waals surface area contributed by atoms with E-state index >= 15 is 0 Å². The number of rotatable bonds is 15. The normalized spacial score (nSPS) is 11.4. The fraction of sp³-hybridized carbons (Fsp3) is 1.00. The standard InChI is InChI=1S/C16H34Si3/c1-3-5-7-9-11-13-15-18-19(17)16-14-12-10-8-6-4-2/h3-16H2,1-2H3. The maximum atomic E-state index is 4.02. The van der Waals surface area contributed by atoms with Gasteiger partial charge in [-0.1, -0.05) is 103 Å². The van der Waals surface area contributed by atoms with Gasteiger partial charge in [-0.3, -0.25) is 0 Å². The Morgan fingerprint density at radius 2 is 1.16 bits per heavy atom. The minimum Gasteiger partial charge on any atom is -0.0654 e. The van der Waals surface area contributed by atoms with Crippen LogP contribution in [0.3, 0.4) is 0 Å². The summed E-state index contributed by atoms with van der Waals surface area (Å²) in [5.41, 5.74) is 0. The van der Waals surface area contributed by atoms with Gasteiger partial charge in [0.15, 0.2) is 0 Å². The number of hydrogen-bond donors (Lipinski definition) is 0. The molecular formula is C16H34Si3. The predicted molar refractivity (Wildman–Crippen MR) is 93.6 cm³/mol. The van der Waals surface area contributed by atoms with Gasteiger partial charge in [-0.15, -0.1) is 0 Å². The Kier molecular flexibility index (Phi) is 17.3. The first-order chi connectivity index (χ1) is 9.31. The second-order valence-electron chi connectivity index (χ2n) is 5.69. The van der Waals surface area contributed by atoms with Gasteiger partial charge in [-0.2, -0.15) is 0 Å². The average molecular weight is 311 g/mol. The Morgan fingerprint density at radius 3 is 1.74 bits per heavy atom. The molecule has 0 atom stereocenters. The molecule has 6 radical (unpaired) electrons. The van der Waals surface area contributed by atoms with Gasteiger partial charge < -0.3 is 0 Å². The van der Waals surface area contributed by atoms with Crippen LogP contribution in [0.15, 0.2) is 0 Å². The lowest BCUT2D eigenvalue weighted by Crippen LogP contribution is -2.22. The molecule has 0 aliphatic rings. The van der Waals surface area contributed by atoms with Gasteiger partial charge in [-0.05, 0) is 0 Å². The summed E-state index contributed by atoms with van der Waals surface area (Å²) in [7, 11) is 5.12. The van der Waals surface area contributed by atoms with Crippen LogP contribution in [0, 0.1) is 0 Å². The van der Waals surface area contributed by atoms with Crippen LogP contribution in [-0.4, -0.2) is 26.6 Å². The van der Waals surface area contributed by atoms with E-state index in [1.807, 2.05) is 0 Å². The van der Waals surface area contributed by atoms with Crippen LogP contribution >= 0.6 is 0 Å². The lowest BCUT2D eigenvalue weighted by Gasteiger charge is -2.08. The highest BCUT2D eigenvalue weighted by Gasteiger charge is 2.04. The lowest BCUT2D eigenvalue weighted by molar-refractivity contribution is 0.623. The van der Waals surface area contributed by atoms with Crippen molar-refractivity contribution in [2.24, 2.45) is 0 Å². The second kappa shape index (κ2) is 16.7. The van der Waals surface area contributed by atoms with E-state index in [-0.39, 0.29) is 7.83 Å². The van der Waals surface area contributed by atoms with Gasteiger partial charge in [0.25, 0.3) is 0 Å². The van der Waals surface area contributed by atoms with Crippen molar-refractivity contribution in [3.05, 3.63) is 0 Å². The molecule has 110 valence electrons. The van der Waals surface area contributed by atoms with Gasteiger partial charge in [-0.25, -0.2) is 0 Å². The van der Waals surface area contributed by atoms with Crippen LogP contribution in [0.5, 0.6) is 0 Å². The molecule has 0 nitrogen and oxygen atoms in total. The highest BCUT2D eigenvalue weighted by molar-refractivity contribution is 7.34. The van der Waals surface area contributed by atoms with Crippen LogP contribution in [0.2, 0.25) is 12.1 Å². The van der Waals surface area contributed by atoms with Crippen molar-refractivity contribution in [1.29, 1.82) is 0 Å². The molecule has 0 spiro atoms. The number of unbranched alkanes of at least 4 members (excludes halogenated alkanes) is 10. The summed E-state index contributed by atoms with van der Waals surface area (Å²) >= 11 is 0. The predicted octanol–water partition coefficient (Wildman–Crippen LogP) is 5.49. The van der Waals surface area contributed by atoms with Gasteiger partial charge in [0, 0.05) is 26.6 Å². The zero-order valence-electron chi connectivity index (χ0n) is 13.4. The molecule has 0 saturated carbocycles. The van der Waals surface area contributed by atoms with E-state index < -0.39 is 0 Å². The Hall–Kier alpha value is 0.651. The molecule has 0 amide bonds. The molecule has 0 rings (SSSR count). The Balaban J connectivity index is 3.10. The Morgan fingerprint density at radius 1 is 0.684 bits per heavy atom. The first kappa shape index (κ1) is 19.7. The molecular weight excluding hydrogens is 276 g/mol. The van der Waals surface area contributed by atoms with E-state index in [0.717, 1.165) is 0 Å². The number of hydrogen-bond acceptors (Lipinski definition) is 0. The fourth-order valence-electron chi connectivity index (χ4n) is 2.32. The Bertz CT molecular complexity index is 162. The summed E-state index contributed by atoms with van der Waals surface area (Å²) < 4.78 is 0. The molecule has 0 unspecified atom stereocenters. The molecule has 0 saturated heterocycles. The SMILES string of the molecule is CCCCCCCC[Si][Si]([Si])CCCCCCCC. The average Bonchev–Trinajstić information content (AvgIpc) is 2.41. The van der Waals surface area contributed by atoms with E-state index in [1.165, 1.54) is 98.2 Å². The van der Waals surface area contributed by atoms with Crippen molar-refractivity contribution < 1.29 is 0 Å². The van der Waals surface area contributed by atoms with Crippen LogP contribution < -0.4 is 0 Å². The van der Waals surface area contributed by atoms with Crippen molar-refractivity contribution in [3.63, 3.8) is 0 Å². The van der Waals surface area contributed by atoms with Crippen molar-refractivity contribution in [3.8, 4) is 0 Å². The fourth-order valence-corrected chi connectivity index (χ4v) is 7.98. The van der Waals surface area contributed by atoms with Gasteiger partial charge >= 0.3 is 0 Å². The third kappa shape index (κ3) is 16.6. The van der Waals surface area contributed by atoms with E-state index in [9.17, 15) is 0 Å². The Labute approximate surface area is 130 Å². The van der Waals surface area contributed by atoms with Crippen molar-refractivity contribution in [1.82, 2.24) is 0 Å². The monoisotopic (exact) mass is 310 g/mol. The molecule has 0 aliphatic heterocycles. The lowest BCUT2D eigenvalue weighted by atomic mass is 10.1. The molecule has 0 aromatic carbocycles. The van der Waals surface area contributed by atoms with Crippen molar-refractivity contribution in [2.75, 3.05) is 0 Å². The van der Waals surface area contributed by atoms with E-state index in [0.29, 0.717) is 0 Å². The highest BCUT2D eigenvalue weighted by Crippen LogP contribution is 2.10. The van der Waals surface area contributed by atoms with E-state index in [1.54, 1.807) is 0 Å². The van der Waals surface area contributed by atoms with Gasteiger partial charge in [0.05, 0.1) is 0 Å². The van der Waals surface area contributed by atoms with Gasteiger partial charge in [0.1, 0.15) is 0 Å². The van der Waals surface area contributed by atoms with Crippen LogP contribution in [0.4, 0.5) is 0 Å². The third-order valence-corrected chi connectivity index (χ3v) is 10.7. The van der Waals surface area contributed by atoms with E-state index in [4.69, 9.17) is 0 Å². The van der Waals surface area contributed by atoms with Crippen molar-refractivity contribution in [2.45, 2.75) is 103 Å².